The number of benzene rings is 2. The number of rotatable bonds is 5. The van der Waals surface area contributed by atoms with E-state index in [9.17, 15) is 9.59 Å². The highest BCUT2D eigenvalue weighted by molar-refractivity contribution is 6.35. The van der Waals surface area contributed by atoms with Crippen LogP contribution in [0.1, 0.15) is 17.3 Å². The summed E-state index contributed by atoms with van der Waals surface area (Å²) in [7, 11) is 1.45. The monoisotopic (exact) mass is 367 g/mol. The third-order valence-electron chi connectivity index (χ3n) is 3.11. The van der Waals surface area contributed by atoms with E-state index in [0.717, 1.165) is 0 Å². The van der Waals surface area contributed by atoms with Crippen molar-refractivity contribution in [1.82, 2.24) is 0 Å². The molecule has 0 aliphatic carbocycles. The number of anilines is 1. The van der Waals surface area contributed by atoms with Gasteiger partial charge in [-0.2, -0.15) is 0 Å². The Bertz CT molecular complexity index is 744. The first kappa shape index (κ1) is 18.1. The van der Waals surface area contributed by atoms with E-state index in [1.165, 1.54) is 14.0 Å². The van der Waals surface area contributed by atoms with Crippen molar-refractivity contribution in [3.63, 3.8) is 0 Å². The highest BCUT2D eigenvalue weighted by Gasteiger charge is 2.21. The lowest BCUT2D eigenvalue weighted by Gasteiger charge is -2.15. The van der Waals surface area contributed by atoms with Crippen molar-refractivity contribution in [3.8, 4) is 5.75 Å². The van der Waals surface area contributed by atoms with E-state index >= 15 is 0 Å². The van der Waals surface area contributed by atoms with Crippen LogP contribution in [-0.2, 0) is 9.53 Å². The van der Waals surface area contributed by atoms with Crippen LogP contribution in [0.15, 0.2) is 42.5 Å². The van der Waals surface area contributed by atoms with Gasteiger partial charge < -0.3 is 14.8 Å². The van der Waals surface area contributed by atoms with Gasteiger partial charge in [-0.1, -0.05) is 35.3 Å². The Labute approximate surface area is 149 Å². The van der Waals surface area contributed by atoms with Gasteiger partial charge in [0.25, 0.3) is 5.91 Å². The van der Waals surface area contributed by atoms with Crippen molar-refractivity contribution in [2.45, 2.75) is 13.0 Å². The van der Waals surface area contributed by atoms with E-state index in [2.05, 4.69) is 5.32 Å². The molecule has 1 N–H and O–H groups in total. The third kappa shape index (κ3) is 4.63. The Morgan fingerprint density at radius 3 is 2.33 bits per heavy atom. The van der Waals surface area contributed by atoms with Gasteiger partial charge in [-0.05, 0) is 37.3 Å². The minimum atomic E-state index is -1.01. The quantitative estimate of drug-likeness (QED) is 0.804. The van der Waals surface area contributed by atoms with Gasteiger partial charge in [-0.15, -0.1) is 0 Å². The van der Waals surface area contributed by atoms with E-state index in [0.29, 0.717) is 21.5 Å². The molecule has 7 heteroatoms. The number of para-hydroxylation sites is 1. The van der Waals surface area contributed by atoms with Crippen molar-refractivity contribution in [1.29, 1.82) is 0 Å². The molecule has 0 saturated carbocycles. The number of hydrogen-bond acceptors (Lipinski definition) is 4. The molecule has 0 aliphatic heterocycles. The molecule has 1 unspecified atom stereocenters. The zero-order chi connectivity index (χ0) is 17.7. The molecule has 0 saturated heterocycles. The number of amides is 1. The van der Waals surface area contributed by atoms with Crippen molar-refractivity contribution in [3.05, 3.63) is 58.1 Å². The summed E-state index contributed by atoms with van der Waals surface area (Å²) >= 11 is 11.8. The zero-order valence-corrected chi connectivity index (χ0v) is 14.5. The number of halogens is 2. The SMILES string of the molecule is COc1ccccc1C(=O)OC(C)C(=O)Nc1cc(Cl)cc(Cl)c1. The zero-order valence-electron chi connectivity index (χ0n) is 13.0. The first-order valence-corrected chi connectivity index (χ1v) is 7.77. The van der Waals surface area contributed by atoms with Crippen LogP contribution in [-0.4, -0.2) is 25.1 Å². The van der Waals surface area contributed by atoms with Crippen LogP contribution >= 0.6 is 23.2 Å². The van der Waals surface area contributed by atoms with Crippen LogP contribution in [0.4, 0.5) is 5.69 Å². The van der Waals surface area contributed by atoms with Gasteiger partial charge in [-0.25, -0.2) is 4.79 Å². The fraction of sp³-hybridized carbons (Fsp3) is 0.176. The second-order valence-electron chi connectivity index (χ2n) is 4.90. The van der Waals surface area contributed by atoms with Crippen molar-refractivity contribution >= 4 is 40.8 Å². The summed E-state index contributed by atoms with van der Waals surface area (Å²) in [6.07, 6.45) is -1.01. The molecule has 0 bridgehead atoms. The minimum Gasteiger partial charge on any atom is -0.496 e. The number of nitrogens with one attached hydrogen (secondary N) is 1. The maximum Gasteiger partial charge on any atom is 0.342 e. The number of hydrogen-bond donors (Lipinski definition) is 1. The highest BCUT2D eigenvalue weighted by atomic mass is 35.5. The van der Waals surface area contributed by atoms with Gasteiger partial charge in [0.05, 0.1) is 7.11 Å². The Morgan fingerprint density at radius 1 is 1.08 bits per heavy atom. The van der Waals surface area contributed by atoms with E-state index < -0.39 is 18.0 Å². The summed E-state index contributed by atoms with van der Waals surface area (Å²) in [4.78, 5) is 24.3. The topological polar surface area (TPSA) is 64.6 Å². The lowest BCUT2D eigenvalue weighted by molar-refractivity contribution is -0.123. The van der Waals surface area contributed by atoms with Gasteiger partial charge in [0.15, 0.2) is 6.10 Å². The van der Waals surface area contributed by atoms with Crippen LogP contribution in [0.5, 0.6) is 5.75 Å². The smallest absolute Gasteiger partial charge is 0.342 e. The largest absolute Gasteiger partial charge is 0.496 e. The molecule has 1 atom stereocenters. The number of carbonyl (C=O) groups excluding carboxylic acids is 2. The molecule has 24 heavy (non-hydrogen) atoms. The van der Waals surface area contributed by atoms with Crippen molar-refractivity contribution in [2.24, 2.45) is 0 Å². The summed E-state index contributed by atoms with van der Waals surface area (Å²) in [5, 5.41) is 3.36. The second-order valence-corrected chi connectivity index (χ2v) is 5.77. The van der Waals surface area contributed by atoms with Crippen molar-refractivity contribution in [2.75, 3.05) is 12.4 Å². The van der Waals surface area contributed by atoms with E-state index in [4.69, 9.17) is 32.7 Å². The Kier molecular flexibility index (Phi) is 6.06. The molecule has 0 radical (unpaired) electrons. The Hall–Kier alpha value is -2.24. The molecule has 126 valence electrons. The molecule has 1 amide bonds. The van der Waals surface area contributed by atoms with Crippen LogP contribution in [0.3, 0.4) is 0 Å². The first-order valence-electron chi connectivity index (χ1n) is 7.01. The molecule has 5 nitrogen and oxygen atoms in total. The normalized spacial score (nSPS) is 11.5. The molecule has 2 rings (SSSR count). The predicted molar refractivity (Wildman–Crippen MR) is 93.0 cm³/mol. The fourth-order valence-electron chi connectivity index (χ4n) is 1.96. The summed E-state index contributed by atoms with van der Waals surface area (Å²) in [5.74, 6) is -0.785. The van der Waals surface area contributed by atoms with Crippen LogP contribution < -0.4 is 10.1 Å². The third-order valence-corrected chi connectivity index (χ3v) is 3.55. The number of esters is 1. The summed E-state index contributed by atoms with van der Waals surface area (Å²) in [6, 6.07) is 11.2. The first-order chi connectivity index (χ1) is 11.4. The van der Waals surface area contributed by atoms with Gasteiger partial charge in [0, 0.05) is 15.7 Å². The average molecular weight is 368 g/mol. The molecule has 0 fully saturated rings. The lowest BCUT2D eigenvalue weighted by Crippen LogP contribution is -2.30. The molecule has 2 aromatic rings. The molecule has 0 aromatic heterocycles. The number of ether oxygens (including phenoxy) is 2. The molecule has 0 aliphatic rings. The van der Waals surface area contributed by atoms with Gasteiger partial charge in [0.2, 0.25) is 0 Å². The van der Waals surface area contributed by atoms with E-state index in [1.807, 2.05) is 0 Å². The second kappa shape index (κ2) is 8.04. The summed E-state index contributed by atoms with van der Waals surface area (Å²) in [5.41, 5.74) is 0.656. The van der Waals surface area contributed by atoms with E-state index in [-0.39, 0.29) is 5.56 Å². The van der Waals surface area contributed by atoms with Crippen LogP contribution in [0.2, 0.25) is 10.0 Å². The summed E-state index contributed by atoms with van der Waals surface area (Å²) < 4.78 is 10.3. The number of carbonyl (C=O) groups is 2. The fourth-order valence-corrected chi connectivity index (χ4v) is 2.49. The average Bonchev–Trinajstić information content (AvgIpc) is 2.53. The van der Waals surface area contributed by atoms with Gasteiger partial charge in [-0.3, -0.25) is 4.79 Å². The Balaban J connectivity index is 2.04. The van der Waals surface area contributed by atoms with Crippen LogP contribution in [0.25, 0.3) is 0 Å². The number of methoxy groups -OCH3 is 1. The molecule has 0 spiro atoms. The Morgan fingerprint density at radius 2 is 1.71 bits per heavy atom. The molecule has 2 aromatic carbocycles. The lowest BCUT2D eigenvalue weighted by atomic mass is 10.2. The maximum atomic E-state index is 12.2. The van der Waals surface area contributed by atoms with Crippen LogP contribution in [0, 0.1) is 0 Å². The van der Waals surface area contributed by atoms with E-state index in [1.54, 1.807) is 42.5 Å². The van der Waals surface area contributed by atoms with Crippen molar-refractivity contribution < 1.29 is 19.1 Å². The predicted octanol–water partition coefficient (Wildman–Crippen LogP) is 4.19. The standard InChI is InChI=1S/C17H15Cl2NO4/c1-10(16(21)20-13-8-11(18)7-12(19)9-13)24-17(22)14-5-3-4-6-15(14)23-2/h3-10H,1-2H3,(H,20,21). The molecular weight excluding hydrogens is 353 g/mol. The van der Waals surface area contributed by atoms with Gasteiger partial charge in [0.1, 0.15) is 11.3 Å². The highest BCUT2D eigenvalue weighted by Crippen LogP contribution is 2.23. The molecule has 0 heterocycles. The van der Waals surface area contributed by atoms with Gasteiger partial charge >= 0.3 is 5.97 Å². The minimum absolute atomic E-state index is 0.241. The maximum absolute atomic E-state index is 12.2. The molecular formula is C17H15Cl2NO4. The summed E-state index contributed by atoms with van der Waals surface area (Å²) in [6.45, 7) is 1.47.